The molecule has 1 aromatic heterocycles. The van der Waals surface area contributed by atoms with Gasteiger partial charge in [0, 0.05) is 13.0 Å². The third-order valence-electron chi connectivity index (χ3n) is 8.76. The number of ether oxygens (including phenoxy) is 1. The molecule has 0 bridgehead atoms. The first-order chi connectivity index (χ1) is 21.5. The minimum absolute atomic E-state index is 0.118. The Kier molecular flexibility index (Phi) is 7.32. The lowest BCUT2D eigenvalue weighted by molar-refractivity contribution is -0.141. The number of hydrogen-bond donors (Lipinski definition) is 2. The molecular weight excluding hydrogens is 550 g/mol. The molecule has 0 spiro atoms. The fourth-order valence-corrected chi connectivity index (χ4v) is 6.09. The van der Waals surface area contributed by atoms with Crippen molar-refractivity contribution in [3.8, 4) is 16.9 Å². The second-order valence-corrected chi connectivity index (χ2v) is 11.6. The van der Waals surface area contributed by atoms with Crippen LogP contribution in [0.15, 0.2) is 114 Å². The number of aromatic amines is 1. The van der Waals surface area contributed by atoms with Gasteiger partial charge < -0.3 is 19.7 Å². The van der Waals surface area contributed by atoms with Crippen molar-refractivity contribution < 1.29 is 14.6 Å². The van der Waals surface area contributed by atoms with Crippen molar-refractivity contribution in [3.05, 3.63) is 153 Å². The van der Waals surface area contributed by atoms with Gasteiger partial charge in [-0.2, -0.15) is 0 Å². The number of carbonyl (C=O) groups is 1. The Labute approximate surface area is 255 Å². The van der Waals surface area contributed by atoms with E-state index in [1.165, 1.54) is 0 Å². The molecule has 1 saturated carbocycles. The average molecular weight is 584 g/mol. The molecule has 5 aromatic rings. The molecule has 44 heavy (non-hydrogen) atoms. The van der Waals surface area contributed by atoms with E-state index in [1.54, 1.807) is 11.0 Å². The molecule has 2 heterocycles. The van der Waals surface area contributed by atoms with E-state index in [4.69, 9.17) is 9.72 Å². The lowest BCUT2D eigenvalue weighted by atomic mass is 9.94. The summed E-state index contributed by atoms with van der Waals surface area (Å²) in [5.74, 6) is 1.01. The largest absolute Gasteiger partial charge is 0.489 e. The van der Waals surface area contributed by atoms with Gasteiger partial charge in [0.05, 0.1) is 23.2 Å². The van der Waals surface area contributed by atoms with Crippen molar-refractivity contribution in [1.82, 2.24) is 14.9 Å². The maximum absolute atomic E-state index is 13.5. The van der Waals surface area contributed by atoms with Gasteiger partial charge in [-0.1, -0.05) is 91.0 Å². The third-order valence-corrected chi connectivity index (χ3v) is 8.76. The highest BCUT2D eigenvalue weighted by Gasteiger charge is 2.48. The van der Waals surface area contributed by atoms with E-state index in [0.717, 1.165) is 46.5 Å². The van der Waals surface area contributed by atoms with Crippen molar-refractivity contribution in [1.29, 1.82) is 0 Å². The van der Waals surface area contributed by atoms with E-state index in [9.17, 15) is 14.7 Å². The SMILES string of the molecule is O=C(C(O)c1cccc(-c2cccc(OCc3ccccc3)c2)c1)N1CCc2nc(C3(c4ccccc4)CC3)[nH]c(=O)c2C1. The Bertz CT molecular complexity index is 1870. The summed E-state index contributed by atoms with van der Waals surface area (Å²) in [6.07, 6.45) is 0.998. The highest BCUT2D eigenvalue weighted by atomic mass is 16.5. The van der Waals surface area contributed by atoms with Gasteiger partial charge in [0.1, 0.15) is 18.2 Å². The monoisotopic (exact) mass is 583 g/mol. The van der Waals surface area contributed by atoms with Gasteiger partial charge >= 0.3 is 0 Å². The van der Waals surface area contributed by atoms with Crippen molar-refractivity contribution >= 4 is 5.91 Å². The van der Waals surface area contributed by atoms with Crippen LogP contribution < -0.4 is 10.3 Å². The molecule has 1 unspecified atom stereocenters. The Morgan fingerprint density at radius 1 is 0.909 bits per heavy atom. The van der Waals surface area contributed by atoms with Crippen LogP contribution in [0, 0.1) is 0 Å². The highest BCUT2D eigenvalue weighted by Crippen LogP contribution is 2.52. The minimum atomic E-state index is -1.35. The van der Waals surface area contributed by atoms with E-state index in [0.29, 0.717) is 36.5 Å². The maximum Gasteiger partial charge on any atom is 0.256 e. The first-order valence-electron chi connectivity index (χ1n) is 15.0. The predicted molar refractivity (Wildman–Crippen MR) is 168 cm³/mol. The summed E-state index contributed by atoms with van der Waals surface area (Å²) in [6, 6.07) is 35.3. The first kappa shape index (κ1) is 27.8. The summed E-state index contributed by atoms with van der Waals surface area (Å²) in [5.41, 5.74) is 5.30. The number of aliphatic hydroxyl groups is 1. The fraction of sp³-hybridized carbons (Fsp3) is 0.216. The number of aromatic nitrogens is 2. The molecule has 4 aromatic carbocycles. The highest BCUT2D eigenvalue weighted by molar-refractivity contribution is 5.83. The normalized spacial score (nSPS) is 15.7. The summed E-state index contributed by atoms with van der Waals surface area (Å²) >= 11 is 0. The quantitative estimate of drug-likeness (QED) is 0.244. The number of carbonyl (C=O) groups excluding carboxylic acids is 1. The zero-order valence-corrected chi connectivity index (χ0v) is 24.3. The zero-order valence-electron chi connectivity index (χ0n) is 24.3. The number of H-pyrrole nitrogens is 1. The standard InChI is InChI=1S/C37H33N3O4/c41-33(28-13-7-11-26(21-28)27-12-8-16-30(22-27)44-24-25-9-3-1-4-10-25)35(43)40-20-17-32-31(23-40)34(42)39-36(38-32)37(18-19-37)29-14-5-2-6-15-29/h1-16,21-22,33,41H,17-20,23-24H2,(H,38,39,42). The second-order valence-electron chi connectivity index (χ2n) is 11.6. The number of fused-ring (bicyclic) bond motifs is 1. The maximum atomic E-state index is 13.5. The fourth-order valence-electron chi connectivity index (χ4n) is 6.09. The van der Waals surface area contributed by atoms with Crippen LogP contribution in [0.2, 0.25) is 0 Å². The van der Waals surface area contributed by atoms with Gasteiger partial charge in [0.15, 0.2) is 6.10 Å². The molecule has 1 aliphatic heterocycles. The lowest BCUT2D eigenvalue weighted by Gasteiger charge is -2.30. The second kappa shape index (κ2) is 11.6. The van der Waals surface area contributed by atoms with Crippen molar-refractivity contribution in [2.45, 2.75) is 43.9 Å². The van der Waals surface area contributed by atoms with Crippen LogP contribution in [0.25, 0.3) is 11.1 Å². The molecule has 7 heteroatoms. The average Bonchev–Trinajstić information content (AvgIpc) is 3.90. The van der Waals surface area contributed by atoms with Gasteiger partial charge in [-0.3, -0.25) is 9.59 Å². The van der Waals surface area contributed by atoms with E-state index in [2.05, 4.69) is 17.1 Å². The summed E-state index contributed by atoms with van der Waals surface area (Å²) < 4.78 is 6.00. The van der Waals surface area contributed by atoms with Crippen LogP contribution in [0.4, 0.5) is 0 Å². The predicted octanol–water partition coefficient (Wildman–Crippen LogP) is 5.71. The molecule has 0 radical (unpaired) electrons. The molecule has 2 N–H and O–H groups in total. The molecule has 0 saturated heterocycles. The molecular formula is C37H33N3O4. The van der Waals surface area contributed by atoms with Crippen LogP contribution in [0.3, 0.4) is 0 Å². The molecule has 7 nitrogen and oxygen atoms in total. The minimum Gasteiger partial charge on any atom is -0.489 e. The Hall–Kier alpha value is -5.01. The molecule has 7 rings (SSSR count). The Morgan fingerprint density at radius 3 is 2.36 bits per heavy atom. The van der Waals surface area contributed by atoms with E-state index in [-0.39, 0.29) is 17.5 Å². The van der Waals surface area contributed by atoms with Crippen LogP contribution in [-0.4, -0.2) is 32.4 Å². The molecule has 220 valence electrons. The molecule has 1 fully saturated rings. The van der Waals surface area contributed by atoms with Crippen LogP contribution in [0.1, 0.15) is 52.7 Å². The molecule has 1 amide bonds. The molecule has 1 atom stereocenters. The summed E-state index contributed by atoms with van der Waals surface area (Å²) in [5, 5.41) is 11.2. The summed E-state index contributed by atoms with van der Waals surface area (Å²) in [4.78, 5) is 36.2. The van der Waals surface area contributed by atoms with E-state index < -0.39 is 12.0 Å². The number of aliphatic hydroxyl groups excluding tert-OH is 1. The van der Waals surface area contributed by atoms with Gasteiger partial charge in [0.2, 0.25) is 0 Å². The topological polar surface area (TPSA) is 95.5 Å². The van der Waals surface area contributed by atoms with Gasteiger partial charge in [0.25, 0.3) is 11.5 Å². The van der Waals surface area contributed by atoms with Gasteiger partial charge in [-0.15, -0.1) is 0 Å². The van der Waals surface area contributed by atoms with Gasteiger partial charge in [-0.25, -0.2) is 4.98 Å². The smallest absolute Gasteiger partial charge is 0.256 e. The van der Waals surface area contributed by atoms with Crippen LogP contribution >= 0.6 is 0 Å². The number of nitrogens with one attached hydrogen (secondary N) is 1. The summed E-state index contributed by atoms with van der Waals surface area (Å²) in [6.45, 7) is 0.967. The molecule has 1 aliphatic carbocycles. The third kappa shape index (κ3) is 5.42. The van der Waals surface area contributed by atoms with E-state index in [1.807, 2.05) is 91.0 Å². The number of hydrogen-bond acceptors (Lipinski definition) is 5. The summed E-state index contributed by atoms with van der Waals surface area (Å²) in [7, 11) is 0. The number of nitrogens with zero attached hydrogens (tertiary/aromatic N) is 2. The van der Waals surface area contributed by atoms with Gasteiger partial charge in [-0.05, 0) is 58.9 Å². The molecule has 2 aliphatic rings. The first-order valence-corrected chi connectivity index (χ1v) is 15.0. The Morgan fingerprint density at radius 2 is 1.61 bits per heavy atom. The van der Waals surface area contributed by atoms with Crippen molar-refractivity contribution in [2.24, 2.45) is 0 Å². The Balaban J connectivity index is 1.06. The number of rotatable bonds is 8. The van der Waals surface area contributed by atoms with E-state index >= 15 is 0 Å². The van der Waals surface area contributed by atoms with Crippen LogP contribution in [-0.2, 0) is 29.8 Å². The number of benzene rings is 4. The van der Waals surface area contributed by atoms with Crippen molar-refractivity contribution in [2.75, 3.05) is 6.54 Å². The lowest BCUT2D eigenvalue weighted by Crippen LogP contribution is -2.42. The number of amides is 1. The van der Waals surface area contributed by atoms with Crippen LogP contribution in [0.5, 0.6) is 5.75 Å². The zero-order chi connectivity index (χ0) is 30.1. The van der Waals surface area contributed by atoms with Crippen molar-refractivity contribution in [3.63, 3.8) is 0 Å².